The molecular weight excluding hydrogens is 434 g/mol. The molecule has 2 aromatic heterocycles. The van der Waals surface area contributed by atoms with Gasteiger partial charge in [-0.05, 0) is 29.8 Å². The Labute approximate surface area is 192 Å². The molecule has 30 heavy (non-hydrogen) atoms. The largest absolute Gasteiger partial charge is 0.341 e. The molecule has 3 aromatic carbocycles. The summed E-state index contributed by atoms with van der Waals surface area (Å²) >= 11 is 0. The molecule has 0 aliphatic rings. The van der Waals surface area contributed by atoms with Gasteiger partial charge in [0.05, 0.1) is 35.2 Å². The van der Waals surface area contributed by atoms with Crippen LogP contribution < -0.4 is 0 Å². The molecule has 7 heteroatoms. The molecule has 5 aromatic rings. The van der Waals surface area contributed by atoms with Crippen LogP contribution in [-0.4, -0.2) is 24.8 Å². The first-order valence-electron chi connectivity index (χ1n) is 9.47. The standard InChI is InChI=1S/C23H21N5.ClH.Cr/c1-2-8-17(9-3-1)14-28(15-22-24-18-10-4-5-11-19(18)25-22)16-23-26-20-12-6-7-13-21(20)27-23;;/h1-13H,14-16H2,(H,24,25)(H,26,27);1H;. The van der Waals surface area contributed by atoms with Crippen LogP contribution in [-0.2, 0) is 37.0 Å². The Bertz CT molecular complexity index is 1080. The summed E-state index contributed by atoms with van der Waals surface area (Å²) in [5, 5.41) is 0. The van der Waals surface area contributed by atoms with Crippen molar-refractivity contribution in [2.24, 2.45) is 0 Å². The molecule has 0 saturated carbocycles. The van der Waals surface area contributed by atoms with E-state index >= 15 is 0 Å². The number of nitrogens with zero attached hydrogens (tertiary/aromatic N) is 3. The number of benzene rings is 3. The van der Waals surface area contributed by atoms with E-state index in [2.05, 4.69) is 51.3 Å². The molecule has 0 unspecified atom stereocenters. The molecule has 5 nitrogen and oxygen atoms in total. The van der Waals surface area contributed by atoms with E-state index in [1.165, 1.54) is 5.56 Å². The predicted octanol–water partition coefficient (Wildman–Crippen LogP) is 5.06. The molecule has 0 amide bonds. The number of aromatic nitrogens is 4. The normalized spacial score (nSPS) is 10.8. The number of imidazole rings is 2. The minimum absolute atomic E-state index is 0. The summed E-state index contributed by atoms with van der Waals surface area (Å²) in [6.07, 6.45) is 0. The Hall–Kier alpha value is -2.62. The summed E-state index contributed by atoms with van der Waals surface area (Å²) in [7, 11) is 0. The number of fused-ring (bicyclic) bond motifs is 2. The Morgan fingerprint density at radius 3 is 1.57 bits per heavy atom. The van der Waals surface area contributed by atoms with Crippen LogP contribution in [0.1, 0.15) is 17.2 Å². The van der Waals surface area contributed by atoms with Crippen molar-refractivity contribution in [1.29, 1.82) is 0 Å². The van der Waals surface area contributed by atoms with Crippen molar-refractivity contribution in [2.75, 3.05) is 0 Å². The fourth-order valence-corrected chi connectivity index (χ4v) is 3.59. The van der Waals surface area contributed by atoms with Gasteiger partial charge < -0.3 is 9.97 Å². The second-order valence-corrected chi connectivity index (χ2v) is 7.03. The number of nitrogens with one attached hydrogen (secondary N) is 2. The first kappa shape index (κ1) is 22.1. The molecular formula is C23H22ClCrN5. The first-order valence-corrected chi connectivity index (χ1v) is 9.47. The summed E-state index contributed by atoms with van der Waals surface area (Å²) < 4.78 is 0. The summed E-state index contributed by atoms with van der Waals surface area (Å²) in [4.78, 5) is 18.7. The molecule has 0 saturated heterocycles. The summed E-state index contributed by atoms with van der Waals surface area (Å²) in [5.41, 5.74) is 5.42. The third-order valence-electron chi connectivity index (χ3n) is 4.87. The van der Waals surface area contributed by atoms with Gasteiger partial charge in [-0.25, -0.2) is 9.97 Å². The van der Waals surface area contributed by atoms with Crippen LogP contribution >= 0.6 is 12.4 Å². The number of H-pyrrole nitrogens is 2. The number of aromatic amines is 2. The number of para-hydroxylation sites is 4. The monoisotopic (exact) mass is 455 g/mol. The number of hydrogen-bond donors (Lipinski definition) is 2. The first-order chi connectivity index (χ1) is 13.8. The maximum Gasteiger partial charge on any atom is 0.121 e. The van der Waals surface area contributed by atoms with E-state index in [4.69, 9.17) is 9.97 Å². The van der Waals surface area contributed by atoms with Crippen LogP contribution in [0.4, 0.5) is 0 Å². The zero-order chi connectivity index (χ0) is 18.8. The average Bonchev–Trinajstić information content (AvgIpc) is 3.31. The van der Waals surface area contributed by atoms with Gasteiger partial charge in [-0.3, -0.25) is 4.90 Å². The van der Waals surface area contributed by atoms with E-state index in [1.807, 2.05) is 42.5 Å². The minimum Gasteiger partial charge on any atom is -0.341 e. The smallest absolute Gasteiger partial charge is 0.121 e. The molecule has 2 N–H and O–H groups in total. The van der Waals surface area contributed by atoms with E-state index in [9.17, 15) is 0 Å². The van der Waals surface area contributed by atoms with Crippen molar-refractivity contribution in [2.45, 2.75) is 19.6 Å². The third-order valence-corrected chi connectivity index (χ3v) is 4.87. The van der Waals surface area contributed by atoms with Crippen LogP contribution in [0.15, 0.2) is 78.9 Å². The van der Waals surface area contributed by atoms with Gasteiger partial charge in [0.1, 0.15) is 11.6 Å². The van der Waals surface area contributed by atoms with Gasteiger partial charge in [0.2, 0.25) is 0 Å². The van der Waals surface area contributed by atoms with E-state index in [0.29, 0.717) is 0 Å². The fourth-order valence-electron chi connectivity index (χ4n) is 3.59. The van der Waals surface area contributed by atoms with Gasteiger partial charge in [-0.2, -0.15) is 0 Å². The molecule has 0 fully saturated rings. The zero-order valence-corrected chi connectivity index (χ0v) is 18.4. The van der Waals surface area contributed by atoms with Crippen LogP contribution in [0, 0.1) is 0 Å². The molecule has 0 bridgehead atoms. The molecule has 5 rings (SSSR count). The second kappa shape index (κ2) is 9.93. The van der Waals surface area contributed by atoms with Gasteiger partial charge in [-0.1, -0.05) is 54.6 Å². The minimum atomic E-state index is 0. The predicted molar refractivity (Wildman–Crippen MR) is 119 cm³/mol. The van der Waals surface area contributed by atoms with E-state index < -0.39 is 0 Å². The van der Waals surface area contributed by atoms with Crippen LogP contribution in [0.3, 0.4) is 0 Å². The van der Waals surface area contributed by atoms with E-state index in [-0.39, 0.29) is 29.8 Å². The van der Waals surface area contributed by atoms with Gasteiger partial charge >= 0.3 is 0 Å². The van der Waals surface area contributed by atoms with Crippen molar-refractivity contribution in [1.82, 2.24) is 24.8 Å². The Morgan fingerprint density at radius 2 is 1.07 bits per heavy atom. The van der Waals surface area contributed by atoms with Crippen molar-refractivity contribution >= 4 is 34.5 Å². The Balaban J connectivity index is 0.00000128. The van der Waals surface area contributed by atoms with Crippen LogP contribution in [0.2, 0.25) is 0 Å². The Morgan fingerprint density at radius 1 is 0.600 bits per heavy atom. The topological polar surface area (TPSA) is 60.6 Å². The van der Waals surface area contributed by atoms with Gasteiger partial charge in [-0.15, -0.1) is 12.4 Å². The molecule has 0 atom stereocenters. The summed E-state index contributed by atoms with van der Waals surface area (Å²) in [6, 6.07) is 26.8. The number of rotatable bonds is 6. The molecule has 0 spiro atoms. The fraction of sp³-hybridized carbons (Fsp3) is 0.130. The van der Waals surface area contributed by atoms with Gasteiger partial charge in [0.15, 0.2) is 0 Å². The summed E-state index contributed by atoms with van der Waals surface area (Å²) in [5.74, 6) is 1.93. The third kappa shape index (κ3) is 4.92. The van der Waals surface area contributed by atoms with E-state index in [0.717, 1.165) is 53.3 Å². The molecule has 0 aliphatic carbocycles. The van der Waals surface area contributed by atoms with Gasteiger partial charge in [0.25, 0.3) is 0 Å². The Kier molecular flexibility index (Phi) is 7.30. The quantitative estimate of drug-likeness (QED) is 0.376. The van der Waals surface area contributed by atoms with Crippen molar-refractivity contribution < 1.29 is 17.4 Å². The molecule has 2 heterocycles. The van der Waals surface area contributed by atoms with Gasteiger partial charge in [0, 0.05) is 23.9 Å². The van der Waals surface area contributed by atoms with Crippen LogP contribution in [0.25, 0.3) is 22.1 Å². The maximum atomic E-state index is 4.75. The number of hydrogen-bond acceptors (Lipinski definition) is 3. The summed E-state index contributed by atoms with van der Waals surface area (Å²) in [6.45, 7) is 2.27. The van der Waals surface area contributed by atoms with Crippen molar-refractivity contribution in [3.63, 3.8) is 0 Å². The van der Waals surface area contributed by atoms with Crippen molar-refractivity contribution in [3.8, 4) is 0 Å². The zero-order valence-electron chi connectivity index (χ0n) is 16.3. The average molecular weight is 456 g/mol. The van der Waals surface area contributed by atoms with E-state index in [1.54, 1.807) is 0 Å². The maximum absolute atomic E-state index is 4.75. The van der Waals surface area contributed by atoms with Crippen molar-refractivity contribution in [3.05, 3.63) is 96.1 Å². The molecule has 152 valence electrons. The molecule has 0 aliphatic heterocycles. The number of halogens is 1. The van der Waals surface area contributed by atoms with Crippen LogP contribution in [0.5, 0.6) is 0 Å². The SMILES string of the molecule is Cl.[Cr].c1ccc(CN(Cc2nc3ccccc3[nH]2)Cc2nc3ccccc3[nH]2)cc1. The molecule has 0 radical (unpaired) electrons. The second-order valence-electron chi connectivity index (χ2n) is 7.03.